The van der Waals surface area contributed by atoms with Gasteiger partial charge in [-0.25, -0.2) is 4.98 Å². The van der Waals surface area contributed by atoms with Crippen LogP contribution in [0.3, 0.4) is 0 Å². The number of ether oxygens (including phenoxy) is 1. The first-order valence-electron chi connectivity index (χ1n) is 11.6. The summed E-state index contributed by atoms with van der Waals surface area (Å²) < 4.78 is 18.7. The van der Waals surface area contributed by atoms with E-state index in [4.69, 9.17) is 16.3 Å². The fourth-order valence-corrected chi connectivity index (χ4v) is 6.69. The number of aliphatic hydroxyl groups excluding tert-OH is 1. The van der Waals surface area contributed by atoms with Gasteiger partial charge in [0, 0.05) is 49.1 Å². The number of amides is 2. The fraction of sp³-hybridized carbons (Fsp3) is 0.542. The van der Waals surface area contributed by atoms with Crippen LogP contribution in [0.2, 0.25) is 5.02 Å². The Morgan fingerprint density at radius 3 is 2.63 bits per heavy atom. The van der Waals surface area contributed by atoms with Crippen LogP contribution in [0.1, 0.15) is 53.4 Å². The van der Waals surface area contributed by atoms with Crippen molar-refractivity contribution >= 4 is 34.2 Å². The third-order valence-corrected chi connectivity index (χ3v) is 9.61. The van der Waals surface area contributed by atoms with E-state index in [1.807, 2.05) is 12.1 Å². The van der Waals surface area contributed by atoms with E-state index in [9.17, 15) is 18.9 Å². The van der Waals surface area contributed by atoms with E-state index in [2.05, 4.69) is 10.3 Å². The Balaban J connectivity index is 1.42. The molecule has 1 saturated carbocycles. The second-order valence-electron chi connectivity index (χ2n) is 9.68. The van der Waals surface area contributed by atoms with E-state index in [1.165, 1.54) is 13.3 Å². The number of fused-ring (bicyclic) bond motifs is 1. The molecule has 1 aromatic heterocycles. The van der Waals surface area contributed by atoms with E-state index in [0.717, 1.165) is 18.4 Å². The Labute approximate surface area is 212 Å². The van der Waals surface area contributed by atoms with Crippen LogP contribution in [0.15, 0.2) is 30.5 Å². The van der Waals surface area contributed by atoms with Crippen molar-refractivity contribution < 1.29 is 23.6 Å². The maximum Gasteiger partial charge on any atom is 0.287 e. The molecule has 1 fully saturated rings. The molecule has 2 atom stereocenters. The van der Waals surface area contributed by atoms with Crippen molar-refractivity contribution in [3.63, 3.8) is 0 Å². The van der Waals surface area contributed by atoms with Gasteiger partial charge in [-0.05, 0) is 44.4 Å². The zero-order valence-electron chi connectivity index (χ0n) is 20.1. The molecule has 0 bridgehead atoms. The van der Waals surface area contributed by atoms with E-state index in [1.54, 1.807) is 35.4 Å². The lowest BCUT2D eigenvalue weighted by Gasteiger charge is -2.37. The first-order valence-corrected chi connectivity index (χ1v) is 13.1. The molecule has 35 heavy (non-hydrogen) atoms. The largest absolute Gasteiger partial charge is 0.389 e. The number of nitrogens with zero attached hydrogens (tertiary/aromatic N) is 3. The summed E-state index contributed by atoms with van der Waals surface area (Å²) in [5.74, 6) is -0.407. The molecule has 0 spiro atoms. The molecule has 2 aliphatic rings. The number of halogens is 1. The maximum atomic E-state index is 13.5. The predicted molar refractivity (Wildman–Crippen MR) is 133 cm³/mol. The van der Waals surface area contributed by atoms with Gasteiger partial charge in [0.25, 0.3) is 11.8 Å². The molecule has 2 aromatic rings. The van der Waals surface area contributed by atoms with E-state index in [0.29, 0.717) is 36.9 Å². The quantitative estimate of drug-likeness (QED) is 0.493. The molecule has 0 saturated heterocycles. The number of rotatable bonds is 10. The highest BCUT2D eigenvalue weighted by Gasteiger charge is 2.56. The SMILES string of the molecule is COCC(O)C(C)(C)S(=O)C1(CN2CCn3c(cnc3C(=O)NCc3ccc(Cl)cc3)C2=O)CC1. The minimum absolute atomic E-state index is 0.0967. The number of aromatic nitrogens is 2. The smallest absolute Gasteiger partial charge is 0.287 e. The van der Waals surface area contributed by atoms with Crippen molar-refractivity contribution in [1.82, 2.24) is 19.8 Å². The van der Waals surface area contributed by atoms with Crippen LogP contribution in [-0.2, 0) is 28.6 Å². The lowest BCUT2D eigenvalue weighted by Crippen LogP contribution is -2.52. The van der Waals surface area contributed by atoms with Gasteiger partial charge in [0.15, 0.2) is 5.82 Å². The van der Waals surface area contributed by atoms with Gasteiger partial charge in [0.2, 0.25) is 0 Å². The van der Waals surface area contributed by atoms with Gasteiger partial charge in [-0.2, -0.15) is 0 Å². The Morgan fingerprint density at radius 1 is 1.31 bits per heavy atom. The molecule has 1 aliphatic carbocycles. The van der Waals surface area contributed by atoms with E-state index >= 15 is 0 Å². The summed E-state index contributed by atoms with van der Waals surface area (Å²) in [6.07, 6.45) is 2.00. The molecule has 11 heteroatoms. The van der Waals surface area contributed by atoms with Gasteiger partial charge in [-0.3, -0.25) is 13.8 Å². The number of benzene rings is 1. The number of methoxy groups -OCH3 is 1. The summed E-state index contributed by atoms with van der Waals surface area (Å²) in [6, 6.07) is 7.18. The van der Waals surface area contributed by atoms with Gasteiger partial charge in [-0.15, -0.1) is 0 Å². The van der Waals surface area contributed by atoms with Crippen LogP contribution < -0.4 is 5.32 Å². The van der Waals surface area contributed by atoms with Gasteiger partial charge < -0.3 is 24.6 Å². The summed E-state index contributed by atoms with van der Waals surface area (Å²) in [6.45, 7) is 5.11. The highest BCUT2D eigenvalue weighted by molar-refractivity contribution is 7.88. The highest BCUT2D eigenvalue weighted by atomic mass is 35.5. The summed E-state index contributed by atoms with van der Waals surface area (Å²) in [7, 11) is 0.118. The summed E-state index contributed by atoms with van der Waals surface area (Å²) in [4.78, 5) is 31.9. The molecule has 1 aliphatic heterocycles. The average molecular weight is 523 g/mol. The Morgan fingerprint density at radius 2 is 2.00 bits per heavy atom. The van der Waals surface area contributed by atoms with Crippen LogP contribution in [0.5, 0.6) is 0 Å². The first kappa shape index (κ1) is 25.8. The van der Waals surface area contributed by atoms with Crippen molar-refractivity contribution in [2.75, 3.05) is 26.8 Å². The molecule has 2 unspecified atom stereocenters. The molecule has 2 heterocycles. The van der Waals surface area contributed by atoms with Crippen molar-refractivity contribution in [2.24, 2.45) is 0 Å². The molecule has 1 aromatic carbocycles. The molecular weight excluding hydrogens is 492 g/mol. The second-order valence-corrected chi connectivity index (χ2v) is 12.6. The average Bonchev–Trinajstić information content (AvgIpc) is 3.48. The Bertz CT molecular complexity index is 1130. The minimum atomic E-state index is -1.38. The van der Waals surface area contributed by atoms with Crippen LogP contribution in [0.4, 0.5) is 0 Å². The predicted octanol–water partition coefficient (Wildman–Crippen LogP) is 1.99. The normalized spacial score (nSPS) is 18.7. The van der Waals surface area contributed by atoms with E-state index in [-0.39, 0.29) is 24.2 Å². The standard InChI is InChI=1S/C24H31ClN4O5S/c1-23(2,19(30)14-34-3)35(33)24(8-9-24)15-28-10-11-29-18(22(28)32)13-26-20(29)21(31)27-12-16-4-6-17(25)7-5-16/h4-7,13,19,30H,8-12,14-15H2,1-3H3,(H,27,31). The fourth-order valence-electron chi connectivity index (χ4n) is 4.38. The minimum Gasteiger partial charge on any atom is -0.389 e. The second kappa shape index (κ2) is 10.0. The number of aliphatic hydroxyl groups is 1. The number of imidazole rings is 1. The van der Waals surface area contributed by atoms with Crippen LogP contribution >= 0.6 is 11.6 Å². The van der Waals surface area contributed by atoms with E-state index < -0.39 is 26.4 Å². The van der Waals surface area contributed by atoms with Gasteiger partial charge >= 0.3 is 0 Å². The third kappa shape index (κ3) is 5.16. The summed E-state index contributed by atoms with van der Waals surface area (Å²) in [5, 5.41) is 13.9. The molecule has 190 valence electrons. The van der Waals surface area contributed by atoms with Crippen molar-refractivity contribution in [3.05, 3.63) is 52.6 Å². The molecule has 9 nitrogen and oxygen atoms in total. The Kier molecular flexibility index (Phi) is 7.38. The molecule has 4 rings (SSSR count). The molecule has 2 N–H and O–H groups in total. The molecular formula is C24H31ClN4O5S. The highest BCUT2D eigenvalue weighted by Crippen LogP contribution is 2.47. The van der Waals surface area contributed by atoms with Crippen LogP contribution in [0.25, 0.3) is 0 Å². The first-order chi connectivity index (χ1) is 16.6. The number of hydrogen-bond acceptors (Lipinski definition) is 6. The third-order valence-electron chi connectivity index (χ3n) is 6.81. The van der Waals surface area contributed by atoms with Crippen LogP contribution in [-0.4, -0.2) is 78.0 Å². The Hall–Kier alpha value is -2.27. The maximum absolute atomic E-state index is 13.5. The molecule has 0 radical (unpaired) electrons. The molecule has 2 amide bonds. The summed E-state index contributed by atoms with van der Waals surface area (Å²) in [5.41, 5.74) is 1.24. The van der Waals surface area contributed by atoms with Gasteiger partial charge in [-0.1, -0.05) is 23.7 Å². The van der Waals surface area contributed by atoms with Gasteiger partial charge in [0.1, 0.15) is 5.69 Å². The monoisotopic (exact) mass is 522 g/mol. The van der Waals surface area contributed by atoms with Crippen molar-refractivity contribution in [1.29, 1.82) is 0 Å². The van der Waals surface area contributed by atoms with Gasteiger partial charge in [0.05, 0.1) is 28.4 Å². The lowest BCUT2D eigenvalue weighted by atomic mass is 10.1. The van der Waals surface area contributed by atoms with Crippen molar-refractivity contribution in [3.8, 4) is 0 Å². The number of nitrogens with one attached hydrogen (secondary N) is 1. The van der Waals surface area contributed by atoms with Crippen LogP contribution in [0, 0.1) is 0 Å². The topological polar surface area (TPSA) is 114 Å². The van der Waals surface area contributed by atoms with Crippen molar-refractivity contribution in [2.45, 2.75) is 55.4 Å². The number of carbonyl (C=O) groups excluding carboxylic acids is 2. The zero-order chi connectivity index (χ0) is 25.4. The summed E-state index contributed by atoms with van der Waals surface area (Å²) >= 11 is 5.90. The number of carbonyl (C=O) groups is 2. The lowest BCUT2D eigenvalue weighted by molar-refractivity contribution is 0.0445. The zero-order valence-corrected chi connectivity index (χ0v) is 21.7. The number of hydrogen-bond donors (Lipinski definition) is 2.